The van der Waals surface area contributed by atoms with E-state index in [2.05, 4.69) is 59.1 Å². The Kier molecular flexibility index (Phi) is 5.54. The molecule has 0 heterocycles. The third-order valence-electron chi connectivity index (χ3n) is 3.32. The van der Waals surface area contributed by atoms with Gasteiger partial charge in [0.25, 0.3) is 0 Å². The molecule has 0 bridgehead atoms. The van der Waals surface area contributed by atoms with Gasteiger partial charge < -0.3 is 5.32 Å². The molecule has 1 unspecified atom stereocenters. The Bertz CT molecular complexity index is 583. The summed E-state index contributed by atoms with van der Waals surface area (Å²) >= 11 is 2.32. The van der Waals surface area contributed by atoms with Crippen molar-refractivity contribution >= 4 is 22.6 Å². The van der Waals surface area contributed by atoms with Crippen LogP contribution in [-0.2, 0) is 0 Å². The molecular formula is C17H19FIN. The van der Waals surface area contributed by atoms with E-state index in [-0.39, 0.29) is 11.9 Å². The summed E-state index contributed by atoms with van der Waals surface area (Å²) in [6.45, 7) is 5.05. The molecule has 20 heavy (non-hydrogen) atoms. The topological polar surface area (TPSA) is 12.0 Å². The van der Waals surface area contributed by atoms with E-state index in [9.17, 15) is 4.39 Å². The van der Waals surface area contributed by atoms with Crippen molar-refractivity contribution in [3.8, 4) is 0 Å². The van der Waals surface area contributed by atoms with Crippen molar-refractivity contribution in [3.63, 3.8) is 0 Å². The van der Waals surface area contributed by atoms with Crippen molar-refractivity contribution in [2.75, 3.05) is 6.54 Å². The van der Waals surface area contributed by atoms with E-state index in [0.29, 0.717) is 0 Å². The zero-order valence-corrected chi connectivity index (χ0v) is 13.9. The molecule has 1 N–H and O–H groups in total. The van der Waals surface area contributed by atoms with Crippen molar-refractivity contribution < 1.29 is 4.39 Å². The molecule has 2 aromatic rings. The fraction of sp³-hybridized carbons (Fsp3) is 0.294. The van der Waals surface area contributed by atoms with Crippen LogP contribution < -0.4 is 5.32 Å². The number of hydrogen-bond acceptors (Lipinski definition) is 1. The van der Waals surface area contributed by atoms with Crippen LogP contribution in [-0.4, -0.2) is 6.54 Å². The molecule has 0 radical (unpaired) electrons. The van der Waals surface area contributed by atoms with Crippen LogP contribution in [0.3, 0.4) is 0 Å². The van der Waals surface area contributed by atoms with E-state index in [4.69, 9.17) is 0 Å². The van der Waals surface area contributed by atoms with Crippen molar-refractivity contribution in [2.24, 2.45) is 0 Å². The first-order valence-corrected chi connectivity index (χ1v) is 7.94. The molecule has 1 atom stereocenters. The number of nitrogens with one attached hydrogen (secondary N) is 1. The minimum absolute atomic E-state index is 0.116. The quantitative estimate of drug-likeness (QED) is 0.730. The molecule has 0 amide bonds. The lowest BCUT2D eigenvalue weighted by Gasteiger charge is -2.22. The molecule has 0 aliphatic carbocycles. The fourth-order valence-electron chi connectivity index (χ4n) is 2.35. The Morgan fingerprint density at radius 2 is 2.00 bits per heavy atom. The van der Waals surface area contributed by atoms with E-state index in [1.807, 2.05) is 13.0 Å². The Balaban J connectivity index is 2.41. The van der Waals surface area contributed by atoms with E-state index in [1.54, 1.807) is 6.07 Å². The fourth-order valence-corrected chi connectivity index (χ4v) is 2.91. The highest BCUT2D eigenvalue weighted by atomic mass is 127. The van der Waals surface area contributed by atoms with Gasteiger partial charge in [0, 0.05) is 3.57 Å². The Hall–Kier alpha value is -0.940. The minimum Gasteiger partial charge on any atom is -0.306 e. The molecule has 0 saturated heterocycles. The second-order valence-corrected chi connectivity index (χ2v) is 6.19. The van der Waals surface area contributed by atoms with Crippen LogP contribution in [0.5, 0.6) is 0 Å². The molecule has 0 aromatic heterocycles. The molecule has 0 aliphatic rings. The average Bonchev–Trinajstić information content (AvgIpc) is 2.41. The highest BCUT2D eigenvalue weighted by Gasteiger charge is 2.16. The summed E-state index contributed by atoms with van der Waals surface area (Å²) in [6.07, 6.45) is 1.07. The largest absolute Gasteiger partial charge is 0.306 e. The van der Waals surface area contributed by atoms with Crippen molar-refractivity contribution in [3.05, 3.63) is 68.5 Å². The Labute approximate surface area is 133 Å². The van der Waals surface area contributed by atoms with E-state index in [0.717, 1.165) is 24.1 Å². The predicted octanol–water partition coefficient (Wildman–Crippen LogP) is 4.83. The first-order valence-electron chi connectivity index (χ1n) is 6.86. The maximum atomic E-state index is 13.3. The third kappa shape index (κ3) is 3.79. The first-order chi connectivity index (χ1) is 9.61. The van der Waals surface area contributed by atoms with Gasteiger partial charge in [-0.25, -0.2) is 4.39 Å². The van der Waals surface area contributed by atoms with Gasteiger partial charge in [-0.2, -0.15) is 0 Å². The van der Waals surface area contributed by atoms with Crippen LogP contribution in [0, 0.1) is 16.3 Å². The van der Waals surface area contributed by atoms with Gasteiger partial charge in [0.05, 0.1) is 6.04 Å². The lowest BCUT2D eigenvalue weighted by molar-refractivity contribution is 0.589. The summed E-state index contributed by atoms with van der Waals surface area (Å²) in [5, 5.41) is 3.56. The normalized spacial score (nSPS) is 12.4. The summed E-state index contributed by atoms with van der Waals surface area (Å²) in [7, 11) is 0. The second-order valence-electron chi connectivity index (χ2n) is 4.94. The molecule has 0 saturated carbocycles. The van der Waals surface area contributed by atoms with Gasteiger partial charge in [0.15, 0.2) is 0 Å². The smallest absolute Gasteiger partial charge is 0.123 e. The van der Waals surface area contributed by atoms with Crippen LogP contribution in [0.4, 0.5) is 4.39 Å². The molecule has 2 rings (SSSR count). The first kappa shape index (κ1) is 15.4. The SMILES string of the molecule is CCCNC(c1cccc(I)c1)c1ccc(F)cc1C. The number of benzene rings is 2. The van der Waals surface area contributed by atoms with Gasteiger partial charge in [-0.3, -0.25) is 0 Å². The second kappa shape index (κ2) is 7.18. The zero-order chi connectivity index (χ0) is 14.5. The molecule has 1 nitrogen and oxygen atoms in total. The molecule has 0 aliphatic heterocycles. The number of halogens is 2. The number of rotatable bonds is 5. The Morgan fingerprint density at radius 3 is 2.65 bits per heavy atom. The minimum atomic E-state index is -0.178. The maximum absolute atomic E-state index is 13.3. The van der Waals surface area contributed by atoms with Gasteiger partial charge in [0.1, 0.15) is 5.82 Å². The average molecular weight is 383 g/mol. The number of hydrogen-bond donors (Lipinski definition) is 1. The van der Waals surface area contributed by atoms with E-state index in [1.165, 1.54) is 15.2 Å². The zero-order valence-electron chi connectivity index (χ0n) is 11.8. The molecular weight excluding hydrogens is 364 g/mol. The van der Waals surface area contributed by atoms with Crippen molar-refractivity contribution in [2.45, 2.75) is 26.3 Å². The van der Waals surface area contributed by atoms with Crippen molar-refractivity contribution in [1.82, 2.24) is 5.32 Å². The molecule has 106 valence electrons. The van der Waals surface area contributed by atoms with Crippen LogP contribution in [0.15, 0.2) is 42.5 Å². The molecule has 0 spiro atoms. The van der Waals surface area contributed by atoms with Gasteiger partial charge >= 0.3 is 0 Å². The molecule has 3 heteroatoms. The van der Waals surface area contributed by atoms with Crippen LogP contribution in [0.2, 0.25) is 0 Å². The summed E-state index contributed by atoms with van der Waals surface area (Å²) in [5.41, 5.74) is 3.35. The predicted molar refractivity (Wildman–Crippen MR) is 90.4 cm³/mol. The van der Waals surface area contributed by atoms with Gasteiger partial charge in [-0.05, 0) is 83.4 Å². The third-order valence-corrected chi connectivity index (χ3v) is 3.99. The summed E-state index contributed by atoms with van der Waals surface area (Å²) in [5.74, 6) is -0.178. The maximum Gasteiger partial charge on any atom is 0.123 e. The summed E-state index contributed by atoms with van der Waals surface area (Å²) < 4.78 is 14.5. The van der Waals surface area contributed by atoms with Crippen LogP contribution in [0.1, 0.15) is 36.1 Å². The van der Waals surface area contributed by atoms with E-state index < -0.39 is 0 Å². The molecule has 2 aromatic carbocycles. The van der Waals surface area contributed by atoms with Crippen LogP contribution in [0.25, 0.3) is 0 Å². The van der Waals surface area contributed by atoms with E-state index >= 15 is 0 Å². The monoisotopic (exact) mass is 383 g/mol. The number of aryl methyl sites for hydroxylation is 1. The lowest BCUT2D eigenvalue weighted by Crippen LogP contribution is -2.24. The highest BCUT2D eigenvalue weighted by molar-refractivity contribution is 14.1. The summed E-state index contributed by atoms with van der Waals surface area (Å²) in [6, 6.07) is 13.6. The van der Waals surface area contributed by atoms with Gasteiger partial charge in [-0.15, -0.1) is 0 Å². The summed E-state index contributed by atoms with van der Waals surface area (Å²) in [4.78, 5) is 0. The van der Waals surface area contributed by atoms with Crippen LogP contribution >= 0.6 is 22.6 Å². The Morgan fingerprint density at radius 1 is 1.20 bits per heavy atom. The van der Waals surface area contributed by atoms with Gasteiger partial charge in [0.2, 0.25) is 0 Å². The molecule has 0 fully saturated rings. The van der Waals surface area contributed by atoms with Gasteiger partial charge in [-0.1, -0.05) is 25.1 Å². The standard InChI is InChI=1S/C17H19FIN/c1-3-9-20-17(13-5-4-6-15(19)11-13)16-8-7-14(18)10-12(16)2/h4-8,10-11,17,20H,3,9H2,1-2H3. The van der Waals surface area contributed by atoms with Crippen molar-refractivity contribution in [1.29, 1.82) is 0 Å². The lowest BCUT2D eigenvalue weighted by atomic mass is 9.95. The highest BCUT2D eigenvalue weighted by Crippen LogP contribution is 2.26.